The van der Waals surface area contributed by atoms with Crippen LogP contribution in [0.5, 0.6) is 0 Å². The monoisotopic (exact) mass is 218 g/mol. The van der Waals surface area contributed by atoms with Crippen LogP contribution >= 0.6 is 0 Å². The van der Waals surface area contributed by atoms with Gasteiger partial charge in [0.25, 0.3) is 0 Å². The molecule has 1 amide bonds. The van der Waals surface area contributed by atoms with Crippen molar-refractivity contribution in [2.24, 2.45) is 11.7 Å². The van der Waals surface area contributed by atoms with E-state index in [1.54, 1.807) is 0 Å². The molecule has 0 heterocycles. The van der Waals surface area contributed by atoms with Crippen molar-refractivity contribution >= 4 is 12.1 Å². The summed E-state index contributed by atoms with van der Waals surface area (Å²) in [5, 5.41) is 2.39. The molecule has 3 N–H and O–H groups in total. The summed E-state index contributed by atoms with van der Waals surface area (Å²) in [4.78, 5) is 21.7. The van der Waals surface area contributed by atoms with Gasteiger partial charge >= 0.3 is 12.1 Å². The molecule has 0 aromatic rings. The molecule has 0 saturated heterocycles. The Kier molecular flexibility index (Phi) is 6.44. The van der Waals surface area contributed by atoms with Crippen LogP contribution in [0.25, 0.3) is 0 Å². The first kappa shape index (κ1) is 13.7. The highest BCUT2D eigenvalue weighted by Gasteiger charge is 2.12. The highest BCUT2D eigenvalue weighted by molar-refractivity contribution is 5.71. The normalized spacial score (nSPS) is 12.1. The van der Waals surface area contributed by atoms with E-state index in [9.17, 15) is 9.59 Å². The quantitative estimate of drug-likeness (QED) is 0.508. The van der Waals surface area contributed by atoms with Crippen LogP contribution in [-0.4, -0.2) is 31.9 Å². The first-order valence-electron chi connectivity index (χ1n) is 4.74. The number of esters is 1. The van der Waals surface area contributed by atoms with Gasteiger partial charge in [-0.1, -0.05) is 13.8 Å². The minimum Gasteiger partial charge on any atom is -0.469 e. The molecule has 0 rings (SSSR count). The minimum atomic E-state index is -0.636. The summed E-state index contributed by atoms with van der Waals surface area (Å²) in [5.74, 6) is -0.334. The fraction of sp³-hybridized carbons (Fsp3) is 0.778. The van der Waals surface area contributed by atoms with Crippen LogP contribution in [0.4, 0.5) is 4.79 Å². The molecule has 0 radical (unpaired) electrons. The van der Waals surface area contributed by atoms with Crippen LogP contribution in [0.2, 0.25) is 0 Å². The van der Waals surface area contributed by atoms with E-state index in [0.29, 0.717) is 0 Å². The summed E-state index contributed by atoms with van der Waals surface area (Å²) in [6, 6.07) is 0. The summed E-state index contributed by atoms with van der Waals surface area (Å²) in [6.45, 7) is 3.86. The molecule has 6 nitrogen and oxygen atoms in total. The van der Waals surface area contributed by atoms with Crippen LogP contribution in [0.15, 0.2) is 0 Å². The number of carbonyl (C=O) groups excluding carboxylic acids is 2. The molecular formula is C9H18N2O4. The zero-order chi connectivity index (χ0) is 11.8. The molecule has 0 aliphatic rings. The number of carbonyl (C=O) groups is 2. The fourth-order valence-corrected chi connectivity index (χ4v) is 0.670. The van der Waals surface area contributed by atoms with Gasteiger partial charge in [0.05, 0.1) is 13.5 Å². The number of hydrogen-bond acceptors (Lipinski definition) is 5. The second-order valence-electron chi connectivity index (χ2n) is 3.37. The Morgan fingerprint density at radius 1 is 1.40 bits per heavy atom. The zero-order valence-electron chi connectivity index (χ0n) is 9.28. The average Bonchev–Trinajstić information content (AvgIpc) is 2.17. The maximum Gasteiger partial charge on any atom is 0.408 e. The van der Waals surface area contributed by atoms with Gasteiger partial charge in [0, 0.05) is 12.5 Å². The Morgan fingerprint density at radius 3 is 2.47 bits per heavy atom. The summed E-state index contributed by atoms with van der Waals surface area (Å²) in [7, 11) is 1.29. The van der Waals surface area contributed by atoms with E-state index in [-0.39, 0.29) is 24.9 Å². The van der Waals surface area contributed by atoms with Crippen molar-refractivity contribution in [3.63, 3.8) is 0 Å². The van der Waals surface area contributed by atoms with Gasteiger partial charge in [-0.2, -0.15) is 0 Å². The summed E-state index contributed by atoms with van der Waals surface area (Å²) in [6.07, 6.45) is -1.15. The highest BCUT2D eigenvalue weighted by atomic mass is 16.6. The van der Waals surface area contributed by atoms with Crippen LogP contribution < -0.4 is 11.1 Å². The van der Waals surface area contributed by atoms with E-state index in [1.165, 1.54) is 7.11 Å². The van der Waals surface area contributed by atoms with Crippen molar-refractivity contribution in [2.45, 2.75) is 26.5 Å². The van der Waals surface area contributed by atoms with E-state index in [1.807, 2.05) is 13.8 Å². The van der Waals surface area contributed by atoms with Crippen molar-refractivity contribution in [2.75, 3.05) is 13.7 Å². The summed E-state index contributed by atoms with van der Waals surface area (Å²) >= 11 is 0. The molecule has 0 aromatic heterocycles. The largest absolute Gasteiger partial charge is 0.469 e. The topological polar surface area (TPSA) is 90.6 Å². The second-order valence-corrected chi connectivity index (χ2v) is 3.37. The van der Waals surface area contributed by atoms with E-state index >= 15 is 0 Å². The number of amides is 1. The highest BCUT2D eigenvalue weighted by Crippen LogP contribution is 1.99. The second kappa shape index (κ2) is 7.05. The summed E-state index contributed by atoms with van der Waals surface area (Å²) in [5.41, 5.74) is 5.50. The predicted octanol–water partition coefficient (Wildman–Crippen LogP) is 0.216. The van der Waals surface area contributed by atoms with Crippen molar-refractivity contribution in [3.8, 4) is 0 Å². The molecule has 1 atom stereocenters. The van der Waals surface area contributed by atoms with Gasteiger partial charge in [0.15, 0.2) is 6.23 Å². The fourth-order valence-electron chi connectivity index (χ4n) is 0.670. The Balaban J connectivity index is 3.62. The molecule has 0 saturated carbocycles. The Morgan fingerprint density at radius 2 is 2.00 bits per heavy atom. The first-order chi connectivity index (χ1) is 6.97. The molecule has 0 aliphatic heterocycles. The van der Waals surface area contributed by atoms with Gasteiger partial charge in [0.2, 0.25) is 0 Å². The Hall–Kier alpha value is -1.30. The summed E-state index contributed by atoms with van der Waals surface area (Å²) < 4.78 is 9.20. The van der Waals surface area contributed by atoms with Gasteiger partial charge in [0.1, 0.15) is 0 Å². The third kappa shape index (κ3) is 6.73. The van der Waals surface area contributed by atoms with Crippen LogP contribution in [0.3, 0.4) is 0 Å². The number of rotatable bonds is 5. The van der Waals surface area contributed by atoms with E-state index in [2.05, 4.69) is 10.1 Å². The van der Waals surface area contributed by atoms with Crippen LogP contribution in [0.1, 0.15) is 20.3 Å². The van der Waals surface area contributed by atoms with Crippen molar-refractivity contribution in [1.82, 2.24) is 5.32 Å². The third-order valence-electron chi connectivity index (χ3n) is 1.73. The number of hydrogen-bond donors (Lipinski definition) is 2. The van der Waals surface area contributed by atoms with E-state index < -0.39 is 12.3 Å². The molecule has 0 aliphatic carbocycles. The van der Waals surface area contributed by atoms with Crippen molar-refractivity contribution in [1.29, 1.82) is 0 Å². The molecule has 0 fully saturated rings. The lowest BCUT2D eigenvalue weighted by Gasteiger charge is -2.16. The molecular weight excluding hydrogens is 200 g/mol. The molecule has 1 unspecified atom stereocenters. The SMILES string of the molecule is COC(=O)CCNC(=O)OC(N)C(C)C. The first-order valence-corrected chi connectivity index (χ1v) is 4.74. The Labute approximate surface area is 89.1 Å². The maximum atomic E-state index is 11.1. The average molecular weight is 218 g/mol. The van der Waals surface area contributed by atoms with Gasteiger partial charge in [-0.05, 0) is 0 Å². The number of nitrogens with two attached hydrogens (primary N) is 1. The maximum absolute atomic E-state index is 11.1. The number of methoxy groups -OCH3 is 1. The van der Waals surface area contributed by atoms with E-state index in [0.717, 1.165) is 0 Å². The third-order valence-corrected chi connectivity index (χ3v) is 1.73. The van der Waals surface area contributed by atoms with Crippen LogP contribution in [-0.2, 0) is 14.3 Å². The molecule has 0 bridgehead atoms. The molecule has 88 valence electrons. The van der Waals surface area contributed by atoms with Gasteiger partial charge in [-0.25, -0.2) is 4.79 Å². The zero-order valence-corrected chi connectivity index (χ0v) is 9.28. The molecule has 15 heavy (non-hydrogen) atoms. The smallest absolute Gasteiger partial charge is 0.408 e. The van der Waals surface area contributed by atoms with Crippen LogP contribution in [0, 0.1) is 5.92 Å². The van der Waals surface area contributed by atoms with Crippen molar-refractivity contribution in [3.05, 3.63) is 0 Å². The van der Waals surface area contributed by atoms with Gasteiger partial charge in [-0.15, -0.1) is 0 Å². The Bertz CT molecular complexity index is 218. The standard InChI is InChI=1S/C9H18N2O4/c1-6(2)8(10)15-9(13)11-5-4-7(12)14-3/h6,8H,4-5,10H2,1-3H3,(H,11,13). The lowest BCUT2D eigenvalue weighted by molar-refractivity contribution is -0.140. The van der Waals surface area contributed by atoms with Gasteiger partial charge < -0.3 is 14.8 Å². The van der Waals surface area contributed by atoms with Crippen molar-refractivity contribution < 1.29 is 19.1 Å². The number of ether oxygens (including phenoxy) is 2. The number of alkyl carbamates (subject to hydrolysis) is 1. The predicted molar refractivity (Wildman–Crippen MR) is 53.9 cm³/mol. The molecule has 0 spiro atoms. The lowest BCUT2D eigenvalue weighted by Crippen LogP contribution is -2.37. The molecule has 6 heteroatoms. The van der Waals surface area contributed by atoms with Gasteiger partial charge in [-0.3, -0.25) is 10.5 Å². The molecule has 0 aromatic carbocycles. The van der Waals surface area contributed by atoms with E-state index in [4.69, 9.17) is 10.5 Å². The minimum absolute atomic E-state index is 0.0522. The number of nitrogens with one attached hydrogen (secondary N) is 1. The lowest BCUT2D eigenvalue weighted by atomic mass is 10.2.